The standard InChI is InChI=1S/C16H24ClNO2S/c1-4-5-10-21-12(2)15(19)18-11-16(3,20)13-8-6-7-9-14(13)17/h6-9,12,20H,4-5,10-11H2,1-3H3,(H,18,19)/t12-,16+/m0/s1. The number of thioether (sulfide) groups is 1. The Balaban J connectivity index is 2.53. The van der Waals surface area contributed by atoms with Gasteiger partial charge < -0.3 is 10.4 Å². The predicted octanol–water partition coefficient (Wildman–Crippen LogP) is 3.59. The average Bonchev–Trinajstić information content (AvgIpc) is 2.45. The maximum atomic E-state index is 12.0. The van der Waals surface area contributed by atoms with Gasteiger partial charge in [-0.15, -0.1) is 11.8 Å². The molecule has 2 atom stereocenters. The number of benzene rings is 1. The van der Waals surface area contributed by atoms with Gasteiger partial charge in [0.05, 0.1) is 11.8 Å². The summed E-state index contributed by atoms with van der Waals surface area (Å²) < 4.78 is 0. The second-order valence-corrected chi connectivity index (χ2v) is 7.19. The van der Waals surface area contributed by atoms with E-state index in [1.54, 1.807) is 30.8 Å². The van der Waals surface area contributed by atoms with Crippen LogP contribution < -0.4 is 5.32 Å². The largest absolute Gasteiger partial charge is 0.384 e. The molecule has 0 saturated heterocycles. The first-order chi connectivity index (χ1) is 9.88. The summed E-state index contributed by atoms with van der Waals surface area (Å²) in [7, 11) is 0. The number of rotatable bonds is 8. The Kier molecular flexibility index (Phi) is 7.57. The molecular formula is C16H24ClNO2S. The minimum absolute atomic E-state index is 0.0524. The molecule has 0 heterocycles. The molecule has 21 heavy (non-hydrogen) atoms. The van der Waals surface area contributed by atoms with Crippen molar-refractivity contribution in [1.29, 1.82) is 0 Å². The van der Waals surface area contributed by atoms with Crippen molar-refractivity contribution in [2.75, 3.05) is 12.3 Å². The summed E-state index contributed by atoms with van der Waals surface area (Å²) in [6.45, 7) is 5.82. The van der Waals surface area contributed by atoms with E-state index >= 15 is 0 Å². The van der Waals surface area contributed by atoms with E-state index in [0.717, 1.165) is 18.6 Å². The topological polar surface area (TPSA) is 49.3 Å². The second-order valence-electron chi connectivity index (χ2n) is 5.34. The molecule has 118 valence electrons. The summed E-state index contributed by atoms with van der Waals surface area (Å²) in [6, 6.07) is 7.14. The van der Waals surface area contributed by atoms with Gasteiger partial charge in [0.1, 0.15) is 5.60 Å². The molecule has 0 aromatic heterocycles. The first-order valence-corrected chi connectivity index (χ1v) is 8.68. The van der Waals surface area contributed by atoms with Crippen LogP contribution in [0.5, 0.6) is 0 Å². The molecule has 0 aliphatic heterocycles. The molecule has 1 amide bonds. The van der Waals surface area contributed by atoms with Crippen molar-refractivity contribution in [2.24, 2.45) is 0 Å². The monoisotopic (exact) mass is 329 g/mol. The van der Waals surface area contributed by atoms with Crippen molar-refractivity contribution in [3.8, 4) is 0 Å². The van der Waals surface area contributed by atoms with Crippen LogP contribution in [0.25, 0.3) is 0 Å². The number of hydrogen-bond donors (Lipinski definition) is 2. The minimum Gasteiger partial charge on any atom is -0.384 e. The SMILES string of the molecule is CCCCS[C@@H](C)C(=O)NC[C@@](C)(O)c1ccccc1Cl. The van der Waals surface area contributed by atoms with Gasteiger partial charge in [0.15, 0.2) is 0 Å². The van der Waals surface area contributed by atoms with Gasteiger partial charge in [-0.05, 0) is 32.1 Å². The van der Waals surface area contributed by atoms with E-state index in [1.165, 1.54) is 0 Å². The highest BCUT2D eigenvalue weighted by atomic mass is 35.5. The molecule has 2 N–H and O–H groups in total. The van der Waals surface area contributed by atoms with Crippen LogP contribution in [0.2, 0.25) is 5.02 Å². The van der Waals surface area contributed by atoms with Gasteiger partial charge in [-0.2, -0.15) is 0 Å². The highest BCUT2D eigenvalue weighted by Gasteiger charge is 2.27. The zero-order valence-electron chi connectivity index (χ0n) is 12.9. The highest BCUT2D eigenvalue weighted by Crippen LogP contribution is 2.27. The summed E-state index contributed by atoms with van der Waals surface area (Å²) >= 11 is 7.73. The summed E-state index contributed by atoms with van der Waals surface area (Å²) in [6.07, 6.45) is 2.24. The fourth-order valence-electron chi connectivity index (χ4n) is 1.88. The number of nitrogens with one attached hydrogen (secondary N) is 1. The molecule has 5 heteroatoms. The van der Waals surface area contributed by atoms with Gasteiger partial charge in [0, 0.05) is 10.6 Å². The van der Waals surface area contributed by atoms with E-state index in [1.807, 2.05) is 19.1 Å². The van der Waals surface area contributed by atoms with E-state index in [0.29, 0.717) is 10.6 Å². The van der Waals surface area contributed by atoms with Crippen molar-refractivity contribution in [3.63, 3.8) is 0 Å². The molecule has 0 fully saturated rings. The van der Waals surface area contributed by atoms with Crippen molar-refractivity contribution < 1.29 is 9.90 Å². The molecule has 1 aromatic carbocycles. The van der Waals surface area contributed by atoms with Crippen molar-refractivity contribution in [2.45, 2.75) is 44.5 Å². The lowest BCUT2D eigenvalue weighted by molar-refractivity contribution is -0.121. The zero-order chi connectivity index (χ0) is 15.9. The Bertz CT molecular complexity index is 465. The van der Waals surface area contributed by atoms with Crippen molar-refractivity contribution in [1.82, 2.24) is 5.32 Å². The number of carbonyl (C=O) groups excluding carboxylic acids is 1. The Morgan fingerprint density at radius 2 is 2.14 bits per heavy atom. The number of carbonyl (C=O) groups is 1. The third-order valence-corrected chi connectivity index (χ3v) is 4.86. The summed E-state index contributed by atoms with van der Waals surface area (Å²) in [5.41, 5.74) is -0.555. The number of halogens is 1. The van der Waals surface area contributed by atoms with Crippen molar-refractivity contribution >= 4 is 29.3 Å². The molecule has 0 unspecified atom stereocenters. The van der Waals surface area contributed by atoms with Crippen LogP contribution in [-0.4, -0.2) is 28.6 Å². The average molecular weight is 330 g/mol. The smallest absolute Gasteiger partial charge is 0.232 e. The molecular weight excluding hydrogens is 306 g/mol. The molecule has 0 aliphatic rings. The maximum absolute atomic E-state index is 12.0. The van der Waals surface area contributed by atoms with Gasteiger partial charge >= 0.3 is 0 Å². The molecule has 0 aliphatic carbocycles. The Labute approximate surface area is 136 Å². The third-order valence-electron chi connectivity index (χ3n) is 3.30. The molecule has 0 bridgehead atoms. The van der Waals surface area contributed by atoms with Crippen LogP contribution in [0.3, 0.4) is 0 Å². The van der Waals surface area contributed by atoms with Gasteiger partial charge in [0.2, 0.25) is 5.91 Å². The van der Waals surface area contributed by atoms with Crippen LogP contribution in [0.4, 0.5) is 0 Å². The van der Waals surface area contributed by atoms with Crippen LogP contribution in [-0.2, 0) is 10.4 Å². The maximum Gasteiger partial charge on any atom is 0.232 e. The number of amides is 1. The number of hydrogen-bond acceptors (Lipinski definition) is 3. The Hall–Kier alpha value is -0.710. The van der Waals surface area contributed by atoms with Gasteiger partial charge in [-0.1, -0.05) is 43.1 Å². The summed E-state index contributed by atoms with van der Waals surface area (Å²) in [4.78, 5) is 12.0. The summed E-state index contributed by atoms with van der Waals surface area (Å²) in [5.74, 6) is 0.926. The first kappa shape index (κ1) is 18.3. The van der Waals surface area contributed by atoms with Gasteiger partial charge in [-0.3, -0.25) is 4.79 Å². The molecule has 0 spiro atoms. The fourth-order valence-corrected chi connectivity index (χ4v) is 3.26. The number of unbranched alkanes of at least 4 members (excludes halogenated alkanes) is 1. The van der Waals surface area contributed by atoms with E-state index in [4.69, 9.17) is 11.6 Å². The quantitative estimate of drug-likeness (QED) is 0.717. The van der Waals surface area contributed by atoms with E-state index in [-0.39, 0.29) is 17.7 Å². The van der Waals surface area contributed by atoms with Gasteiger partial charge in [0.25, 0.3) is 0 Å². The highest BCUT2D eigenvalue weighted by molar-refractivity contribution is 8.00. The van der Waals surface area contributed by atoms with E-state index < -0.39 is 5.60 Å². The molecule has 1 rings (SSSR count). The summed E-state index contributed by atoms with van der Waals surface area (Å²) in [5, 5.41) is 13.7. The molecule has 0 radical (unpaired) electrons. The van der Waals surface area contributed by atoms with Crippen LogP contribution in [0, 0.1) is 0 Å². The lowest BCUT2D eigenvalue weighted by Gasteiger charge is -2.26. The van der Waals surface area contributed by atoms with E-state index in [2.05, 4.69) is 12.2 Å². The molecule has 1 aromatic rings. The Morgan fingerprint density at radius 1 is 1.48 bits per heavy atom. The lowest BCUT2D eigenvalue weighted by Crippen LogP contribution is -2.41. The number of aliphatic hydroxyl groups is 1. The first-order valence-electron chi connectivity index (χ1n) is 7.25. The van der Waals surface area contributed by atoms with Crippen LogP contribution in [0.1, 0.15) is 39.2 Å². The fraction of sp³-hybridized carbons (Fsp3) is 0.562. The van der Waals surface area contributed by atoms with Crippen LogP contribution >= 0.6 is 23.4 Å². The van der Waals surface area contributed by atoms with E-state index in [9.17, 15) is 9.90 Å². The minimum atomic E-state index is -1.18. The Morgan fingerprint density at radius 3 is 2.76 bits per heavy atom. The second kappa shape index (κ2) is 8.66. The molecule has 3 nitrogen and oxygen atoms in total. The van der Waals surface area contributed by atoms with Crippen molar-refractivity contribution in [3.05, 3.63) is 34.9 Å². The lowest BCUT2D eigenvalue weighted by atomic mass is 9.96. The zero-order valence-corrected chi connectivity index (χ0v) is 14.4. The molecule has 0 saturated carbocycles. The normalized spacial score (nSPS) is 15.3. The van der Waals surface area contributed by atoms with Crippen LogP contribution in [0.15, 0.2) is 24.3 Å². The predicted molar refractivity (Wildman–Crippen MR) is 90.9 cm³/mol. The van der Waals surface area contributed by atoms with Gasteiger partial charge in [-0.25, -0.2) is 0 Å². The third kappa shape index (κ3) is 5.89.